The molecule has 0 heterocycles. The summed E-state index contributed by atoms with van der Waals surface area (Å²) in [5.41, 5.74) is 0.857. The molecule has 0 radical (unpaired) electrons. The van der Waals surface area contributed by atoms with Crippen LogP contribution in [-0.2, 0) is 13.1 Å². The fourth-order valence-electron chi connectivity index (χ4n) is 3.36. The van der Waals surface area contributed by atoms with Gasteiger partial charge in [0.2, 0.25) is 0 Å². The first-order chi connectivity index (χ1) is 15.7. The van der Waals surface area contributed by atoms with Crippen molar-refractivity contribution in [3.63, 3.8) is 0 Å². The van der Waals surface area contributed by atoms with Crippen LogP contribution in [0.15, 0.2) is 48.5 Å². The van der Waals surface area contributed by atoms with E-state index in [1.807, 2.05) is 0 Å². The summed E-state index contributed by atoms with van der Waals surface area (Å²) in [5.74, 6) is -1.89. The van der Waals surface area contributed by atoms with Crippen molar-refractivity contribution in [1.29, 1.82) is 0 Å². The normalized spacial score (nSPS) is 10.6. The molecule has 0 unspecified atom stereocenters. The van der Waals surface area contributed by atoms with E-state index < -0.39 is 23.2 Å². The minimum atomic E-state index is -0.705. The van der Waals surface area contributed by atoms with Crippen LogP contribution in [0.25, 0.3) is 0 Å². The fraction of sp³-hybridized carbons (Fsp3) is 0.208. The molecule has 3 aromatic rings. The maximum absolute atomic E-state index is 13.4. The zero-order valence-corrected chi connectivity index (χ0v) is 18.1. The van der Waals surface area contributed by atoms with Gasteiger partial charge in [-0.1, -0.05) is 12.1 Å². The van der Waals surface area contributed by atoms with E-state index in [1.165, 1.54) is 24.1 Å². The van der Waals surface area contributed by atoms with Crippen molar-refractivity contribution in [1.82, 2.24) is 4.90 Å². The Kier molecular flexibility index (Phi) is 7.02. The van der Waals surface area contributed by atoms with E-state index in [0.29, 0.717) is 17.7 Å². The molecule has 0 fully saturated rings. The van der Waals surface area contributed by atoms with Gasteiger partial charge in [-0.3, -0.25) is 4.79 Å². The summed E-state index contributed by atoms with van der Waals surface area (Å²) in [6.45, 7) is 2.17. The van der Waals surface area contributed by atoms with Crippen LogP contribution >= 0.6 is 0 Å². The zero-order chi connectivity index (χ0) is 24.1. The molecule has 0 spiro atoms. The summed E-state index contributed by atoms with van der Waals surface area (Å²) >= 11 is 0. The lowest BCUT2D eigenvalue weighted by molar-refractivity contribution is 0.0723. The van der Waals surface area contributed by atoms with Gasteiger partial charge in [-0.05, 0) is 42.3 Å². The maximum atomic E-state index is 13.4. The Labute approximate surface area is 190 Å². The van der Waals surface area contributed by atoms with Crippen LogP contribution in [0.1, 0.15) is 28.4 Å². The van der Waals surface area contributed by atoms with Crippen molar-refractivity contribution >= 4 is 5.91 Å². The van der Waals surface area contributed by atoms with Crippen LogP contribution in [0.4, 0.5) is 0 Å². The number of benzene rings is 3. The molecule has 174 valence electrons. The van der Waals surface area contributed by atoms with Gasteiger partial charge in [0.1, 0.15) is 22.8 Å². The van der Waals surface area contributed by atoms with Crippen LogP contribution in [0.2, 0.25) is 0 Å². The van der Waals surface area contributed by atoms with Gasteiger partial charge in [0, 0.05) is 25.2 Å². The highest BCUT2D eigenvalue weighted by Gasteiger charge is 2.25. The van der Waals surface area contributed by atoms with Crippen molar-refractivity contribution in [3.8, 4) is 40.2 Å². The second-order valence-electron chi connectivity index (χ2n) is 7.26. The number of carbonyl (C=O) groups excluding carboxylic acids is 1. The van der Waals surface area contributed by atoms with Crippen molar-refractivity contribution in [2.45, 2.75) is 20.0 Å². The van der Waals surface area contributed by atoms with Gasteiger partial charge in [-0.2, -0.15) is 0 Å². The molecule has 33 heavy (non-hydrogen) atoms. The smallest absolute Gasteiger partial charge is 0.262 e. The van der Waals surface area contributed by atoms with Crippen molar-refractivity contribution in [2.75, 3.05) is 13.7 Å². The zero-order valence-electron chi connectivity index (χ0n) is 18.1. The van der Waals surface area contributed by atoms with Crippen molar-refractivity contribution in [2.24, 2.45) is 0 Å². The predicted molar refractivity (Wildman–Crippen MR) is 119 cm³/mol. The summed E-state index contributed by atoms with van der Waals surface area (Å²) < 4.78 is 10.5. The van der Waals surface area contributed by atoms with Gasteiger partial charge in [-0.25, -0.2) is 0 Å². The molecule has 3 rings (SSSR count). The third kappa shape index (κ3) is 5.32. The summed E-state index contributed by atoms with van der Waals surface area (Å²) in [4.78, 5) is 14.7. The molecule has 1 amide bonds. The molecular formula is C24H25NO8. The number of nitrogens with zero attached hydrogens (tertiary/aromatic N) is 1. The van der Waals surface area contributed by atoms with E-state index in [1.54, 1.807) is 31.2 Å². The molecular weight excluding hydrogens is 430 g/mol. The van der Waals surface area contributed by atoms with Gasteiger partial charge in [0.15, 0.2) is 23.0 Å². The first-order valence-electron chi connectivity index (χ1n) is 10.1. The fourth-order valence-corrected chi connectivity index (χ4v) is 3.36. The third-order valence-electron chi connectivity index (χ3n) is 4.90. The number of phenolic OH excluding ortho intramolecular Hbond substituents is 5. The largest absolute Gasteiger partial charge is 0.508 e. The summed E-state index contributed by atoms with van der Waals surface area (Å²) in [6.07, 6.45) is 0. The summed E-state index contributed by atoms with van der Waals surface area (Å²) in [5, 5.41) is 49.9. The third-order valence-corrected chi connectivity index (χ3v) is 4.90. The van der Waals surface area contributed by atoms with Crippen LogP contribution in [0.3, 0.4) is 0 Å². The Morgan fingerprint density at radius 3 is 1.82 bits per heavy atom. The Hall–Kier alpha value is -4.27. The van der Waals surface area contributed by atoms with Gasteiger partial charge in [0.25, 0.3) is 5.91 Å². The highest BCUT2D eigenvalue weighted by Crippen LogP contribution is 2.35. The maximum Gasteiger partial charge on any atom is 0.262 e. The lowest BCUT2D eigenvalue weighted by Crippen LogP contribution is -2.30. The van der Waals surface area contributed by atoms with Crippen LogP contribution in [-0.4, -0.2) is 50.1 Å². The highest BCUT2D eigenvalue weighted by molar-refractivity contribution is 5.99. The predicted octanol–water partition coefficient (Wildman–Crippen LogP) is 3.46. The molecule has 3 aromatic carbocycles. The van der Waals surface area contributed by atoms with E-state index in [0.717, 1.165) is 12.1 Å². The monoisotopic (exact) mass is 455 g/mol. The van der Waals surface area contributed by atoms with Gasteiger partial charge in [0.05, 0.1) is 13.7 Å². The SMILES string of the molecule is CCOc1cc(CN(Cc2ccc(O)c(OC)c2)C(=O)c2c(O)cc(O)cc2O)ccc1O. The Morgan fingerprint density at radius 2 is 1.30 bits per heavy atom. The van der Waals surface area contributed by atoms with E-state index in [-0.39, 0.29) is 41.7 Å². The number of methoxy groups -OCH3 is 1. The Balaban J connectivity index is 2.01. The molecule has 9 nitrogen and oxygen atoms in total. The number of ether oxygens (including phenoxy) is 2. The molecule has 9 heteroatoms. The molecule has 0 atom stereocenters. The summed E-state index contributed by atoms with van der Waals surface area (Å²) in [6, 6.07) is 11.2. The molecule has 0 aliphatic carbocycles. The quantitative estimate of drug-likeness (QED) is 0.348. The number of aromatic hydroxyl groups is 5. The van der Waals surface area contributed by atoms with Gasteiger partial charge >= 0.3 is 0 Å². The lowest BCUT2D eigenvalue weighted by Gasteiger charge is -2.24. The van der Waals surface area contributed by atoms with Crippen molar-refractivity contribution < 1.29 is 39.8 Å². The number of carbonyl (C=O) groups is 1. The summed E-state index contributed by atoms with van der Waals surface area (Å²) in [7, 11) is 1.40. The molecule has 0 aliphatic heterocycles. The van der Waals surface area contributed by atoms with Gasteiger partial charge in [-0.15, -0.1) is 0 Å². The minimum absolute atomic E-state index is 0.0279. The van der Waals surface area contributed by atoms with E-state index >= 15 is 0 Å². The minimum Gasteiger partial charge on any atom is -0.508 e. The van der Waals surface area contributed by atoms with Crippen LogP contribution in [0, 0.1) is 0 Å². The number of amides is 1. The molecule has 0 saturated heterocycles. The lowest BCUT2D eigenvalue weighted by atomic mass is 10.1. The molecule has 0 bridgehead atoms. The average molecular weight is 455 g/mol. The van der Waals surface area contributed by atoms with Gasteiger partial charge < -0.3 is 39.9 Å². The van der Waals surface area contributed by atoms with Crippen LogP contribution in [0.5, 0.6) is 40.2 Å². The Morgan fingerprint density at radius 1 is 0.788 bits per heavy atom. The molecule has 0 aromatic heterocycles. The molecule has 5 N–H and O–H groups in total. The first-order valence-corrected chi connectivity index (χ1v) is 10.1. The standard InChI is InChI=1S/C24H25NO8/c1-3-33-22-9-15(5-7-18(22)28)13-25(12-14-4-6-17(27)21(8-14)32-2)24(31)23-19(29)10-16(26)11-20(23)30/h4-11,26-30H,3,12-13H2,1-2H3. The topological polar surface area (TPSA) is 140 Å². The number of hydrogen-bond donors (Lipinski definition) is 5. The molecule has 0 aliphatic rings. The number of hydrogen-bond acceptors (Lipinski definition) is 8. The number of phenols is 5. The first kappa shape index (κ1) is 23.4. The number of rotatable bonds is 8. The average Bonchev–Trinajstić information content (AvgIpc) is 2.76. The van der Waals surface area contributed by atoms with Crippen molar-refractivity contribution in [3.05, 3.63) is 65.2 Å². The van der Waals surface area contributed by atoms with Crippen LogP contribution < -0.4 is 9.47 Å². The Bertz CT molecular complexity index is 1140. The second kappa shape index (κ2) is 9.90. The van der Waals surface area contributed by atoms with E-state index in [2.05, 4.69) is 0 Å². The van der Waals surface area contributed by atoms with E-state index in [4.69, 9.17) is 9.47 Å². The van der Waals surface area contributed by atoms with E-state index in [9.17, 15) is 30.3 Å². The molecule has 0 saturated carbocycles. The second-order valence-corrected chi connectivity index (χ2v) is 7.26. The highest BCUT2D eigenvalue weighted by atomic mass is 16.5.